The Bertz CT molecular complexity index is 1430. The van der Waals surface area contributed by atoms with E-state index >= 15 is 26.3 Å². The quantitative estimate of drug-likeness (QED) is 0.335. The van der Waals surface area contributed by atoms with Crippen LogP contribution in [0.3, 0.4) is 0 Å². The lowest BCUT2D eigenvalue weighted by Crippen LogP contribution is -2.66. The van der Waals surface area contributed by atoms with E-state index in [0.717, 1.165) is 9.80 Å². The smallest absolute Gasteiger partial charge is 0.348 e. The normalized spacial score (nSPS) is 51.3. The minimum Gasteiger partial charge on any atom is -0.348 e. The third-order valence-corrected chi connectivity index (χ3v) is 13.4. The van der Waals surface area contributed by atoms with Gasteiger partial charge in [0.15, 0.2) is 11.2 Å². The lowest BCUT2D eigenvalue weighted by molar-refractivity contribution is -0.329. The average Bonchev–Trinajstić information content (AvgIpc) is 3.76. The molecule has 14 atom stereocenters. The molecule has 10 aliphatic rings. The number of nitrogens with zero attached hydrogens (tertiary/aromatic N) is 2. The van der Waals surface area contributed by atoms with Crippen molar-refractivity contribution in [3.8, 4) is 0 Å². The van der Waals surface area contributed by atoms with Gasteiger partial charge < -0.3 is 4.74 Å². The predicted molar refractivity (Wildman–Crippen MR) is 127 cm³/mol. The summed E-state index contributed by atoms with van der Waals surface area (Å²) in [5.74, 6) is -18.3. The molecule has 8 fully saturated rings. The summed E-state index contributed by atoms with van der Waals surface area (Å²) in [6.07, 6.45) is -10.6. The standard InChI is InChI=1S/C30H24F6N2O5/c31-29(32,33)27-19-11-5-12-16-15(11)23(39)37(24(16)40)7-9-2-1-3-10(4-9)8-38-25(41)17-13-6-14(18(17)26(38)42)22(21(13)27)28(43-27,20(12)19)30(34,35)36/h1-4,11-22H,5-8H2/t11-,12+,13+,14-,15-,16+,17+,18-,19-,20+,21+,22-,27?,28?. The van der Waals surface area contributed by atoms with Crippen LogP contribution in [0.5, 0.6) is 0 Å². The molecule has 0 spiro atoms. The third-order valence-electron chi connectivity index (χ3n) is 13.4. The number of alkyl halides is 6. The molecule has 4 saturated carbocycles. The Morgan fingerprint density at radius 1 is 0.605 bits per heavy atom. The maximum atomic E-state index is 15.6. The third kappa shape index (κ3) is 2.35. The molecule has 7 nitrogen and oxygen atoms in total. The van der Waals surface area contributed by atoms with Crippen LogP contribution >= 0.6 is 0 Å². The Kier molecular flexibility index (Phi) is 4.11. The monoisotopic (exact) mass is 606 g/mol. The fourth-order valence-corrected chi connectivity index (χ4v) is 12.8. The average molecular weight is 607 g/mol. The Morgan fingerprint density at radius 3 is 1.23 bits per heavy atom. The zero-order valence-corrected chi connectivity index (χ0v) is 22.3. The first kappa shape index (κ1) is 25.4. The van der Waals surface area contributed by atoms with Crippen molar-refractivity contribution in [2.75, 3.05) is 0 Å². The molecular weight excluding hydrogens is 582 g/mol. The largest absolute Gasteiger partial charge is 0.418 e. The number of imide groups is 2. The van der Waals surface area contributed by atoms with E-state index in [1.807, 2.05) is 0 Å². The van der Waals surface area contributed by atoms with E-state index in [9.17, 15) is 19.2 Å². The lowest BCUT2D eigenvalue weighted by Gasteiger charge is -2.53. The molecule has 226 valence electrons. The van der Waals surface area contributed by atoms with Gasteiger partial charge in [-0.05, 0) is 47.6 Å². The maximum absolute atomic E-state index is 15.6. The summed E-state index contributed by atoms with van der Waals surface area (Å²) in [5, 5.41) is 0. The second-order valence-corrected chi connectivity index (χ2v) is 14.4. The lowest BCUT2D eigenvalue weighted by atomic mass is 9.46. The van der Waals surface area contributed by atoms with Crippen LogP contribution in [0.2, 0.25) is 0 Å². The highest BCUT2D eigenvalue weighted by Crippen LogP contribution is 2.86. The molecule has 14 bridgehead atoms. The molecule has 0 aromatic heterocycles. The van der Waals surface area contributed by atoms with Gasteiger partial charge in [-0.1, -0.05) is 24.3 Å². The second kappa shape index (κ2) is 6.97. The summed E-state index contributed by atoms with van der Waals surface area (Å²) in [7, 11) is 0. The summed E-state index contributed by atoms with van der Waals surface area (Å²) >= 11 is 0. The number of amides is 4. The molecule has 13 heteroatoms. The summed E-state index contributed by atoms with van der Waals surface area (Å²) in [5.41, 5.74) is -5.41. The predicted octanol–water partition coefficient (Wildman–Crippen LogP) is 3.31. The van der Waals surface area contributed by atoms with Crippen LogP contribution in [0.1, 0.15) is 24.0 Å². The zero-order valence-electron chi connectivity index (χ0n) is 22.3. The molecule has 6 heterocycles. The molecule has 43 heavy (non-hydrogen) atoms. The molecule has 4 saturated heterocycles. The van der Waals surface area contributed by atoms with Crippen LogP contribution in [0.25, 0.3) is 0 Å². The molecule has 0 radical (unpaired) electrons. The number of carbonyl (C=O) groups excluding carboxylic acids is 4. The van der Waals surface area contributed by atoms with Crippen molar-refractivity contribution in [3.05, 3.63) is 35.4 Å². The van der Waals surface area contributed by atoms with Crippen molar-refractivity contribution in [3.63, 3.8) is 0 Å². The van der Waals surface area contributed by atoms with Gasteiger partial charge >= 0.3 is 12.4 Å². The van der Waals surface area contributed by atoms with E-state index in [1.165, 1.54) is 0 Å². The molecule has 1 aromatic carbocycles. The number of halogens is 6. The molecule has 4 aliphatic carbocycles. The minimum absolute atomic E-state index is 0.0856. The van der Waals surface area contributed by atoms with Gasteiger partial charge in [-0.3, -0.25) is 29.0 Å². The van der Waals surface area contributed by atoms with Crippen LogP contribution in [0, 0.1) is 71.0 Å². The van der Waals surface area contributed by atoms with Crippen molar-refractivity contribution in [2.45, 2.75) is 49.5 Å². The number of carbonyl (C=O) groups is 4. The van der Waals surface area contributed by atoms with Gasteiger partial charge in [0.25, 0.3) is 0 Å². The van der Waals surface area contributed by atoms with E-state index in [0.29, 0.717) is 11.1 Å². The van der Waals surface area contributed by atoms with Gasteiger partial charge in [-0.25, -0.2) is 0 Å². The van der Waals surface area contributed by atoms with Gasteiger partial charge in [0.05, 0.1) is 36.8 Å². The first-order chi connectivity index (χ1) is 20.2. The molecule has 6 aliphatic heterocycles. The summed E-state index contributed by atoms with van der Waals surface area (Å²) in [6.45, 7) is -0.387. The van der Waals surface area contributed by atoms with Gasteiger partial charge in [-0.15, -0.1) is 0 Å². The fraction of sp³-hybridized carbons (Fsp3) is 0.667. The van der Waals surface area contributed by atoms with Crippen molar-refractivity contribution >= 4 is 23.6 Å². The van der Waals surface area contributed by atoms with E-state index in [4.69, 9.17) is 4.74 Å². The van der Waals surface area contributed by atoms with Gasteiger partial charge in [0.2, 0.25) is 23.6 Å². The van der Waals surface area contributed by atoms with Crippen molar-refractivity contribution < 1.29 is 50.3 Å². The first-order valence-corrected chi connectivity index (χ1v) is 14.9. The minimum atomic E-state index is -5.23. The zero-order chi connectivity index (χ0) is 29.9. The van der Waals surface area contributed by atoms with Crippen LogP contribution in [0.15, 0.2) is 24.3 Å². The van der Waals surface area contributed by atoms with Crippen molar-refractivity contribution in [2.24, 2.45) is 71.0 Å². The summed E-state index contributed by atoms with van der Waals surface area (Å²) < 4.78 is 99.4. The molecule has 11 rings (SSSR count). The Balaban J connectivity index is 1.25. The first-order valence-electron chi connectivity index (χ1n) is 14.9. The molecule has 1 aromatic rings. The fourth-order valence-electron chi connectivity index (χ4n) is 12.8. The van der Waals surface area contributed by atoms with E-state index in [2.05, 4.69) is 0 Å². The highest BCUT2D eigenvalue weighted by atomic mass is 19.4. The van der Waals surface area contributed by atoms with Crippen LogP contribution in [0.4, 0.5) is 26.3 Å². The van der Waals surface area contributed by atoms with E-state index in [-0.39, 0.29) is 25.9 Å². The Hall–Kier alpha value is -2.96. The second-order valence-electron chi connectivity index (χ2n) is 14.4. The van der Waals surface area contributed by atoms with E-state index in [1.54, 1.807) is 24.3 Å². The van der Waals surface area contributed by atoms with Crippen molar-refractivity contribution in [1.82, 2.24) is 9.80 Å². The number of rotatable bonds is 0. The van der Waals surface area contributed by atoms with Crippen LogP contribution < -0.4 is 0 Å². The highest BCUT2D eigenvalue weighted by Gasteiger charge is 2.97. The molecule has 0 N–H and O–H groups in total. The van der Waals surface area contributed by atoms with Crippen LogP contribution in [-0.4, -0.2) is 57.0 Å². The summed E-state index contributed by atoms with van der Waals surface area (Å²) in [6, 6.07) is 6.67. The topological polar surface area (TPSA) is 84.0 Å². The molecule has 4 amide bonds. The van der Waals surface area contributed by atoms with Crippen LogP contribution in [-0.2, 0) is 37.0 Å². The van der Waals surface area contributed by atoms with Gasteiger partial charge in [-0.2, -0.15) is 26.3 Å². The Morgan fingerprint density at radius 2 is 0.930 bits per heavy atom. The number of benzene rings is 1. The number of hydrogen-bond acceptors (Lipinski definition) is 5. The molecular formula is C30H24F6N2O5. The number of hydrogen-bond donors (Lipinski definition) is 0. The molecule has 2 unspecified atom stereocenters. The summed E-state index contributed by atoms with van der Waals surface area (Å²) in [4.78, 5) is 57.2. The Labute approximate surface area is 239 Å². The van der Waals surface area contributed by atoms with E-state index < -0.39 is 118 Å². The SMILES string of the molecule is O=C1[C@@H]2[C@H]3C[C@H]4[C@@H]2C(=O)N1Cc1cccc(c1)CN1C(=O)[C@@H]2[C@H]5C[C@@H]([C@@H]2C1=O)[C@H]1[C@@H]5C2(C(F)(F)F)OC1(C(F)(F)F)[C@H]3[C@H]42. The van der Waals surface area contributed by atoms with Gasteiger partial charge in [0.1, 0.15) is 0 Å². The highest BCUT2D eigenvalue weighted by molar-refractivity contribution is 6.07. The maximum Gasteiger partial charge on any atom is 0.418 e. The van der Waals surface area contributed by atoms with Gasteiger partial charge in [0, 0.05) is 23.7 Å². The van der Waals surface area contributed by atoms with Crippen molar-refractivity contribution in [1.29, 1.82) is 0 Å². The number of ether oxygens (including phenoxy) is 1.